The molecular weight excluding hydrogens is 418 g/mol. The minimum atomic E-state index is -0.694. The van der Waals surface area contributed by atoms with Crippen molar-refractivity contribution in [3.8, 4) is 0 Å². The first kappa shape index (κ1) is 24.3. The minimum Gasteiger partial charge on any atom is -0.352 e. The predicted molar refractivity (Wildman–Crippen MR) is 121 cm³/mol. The average Bonchev–Trinajstić information content (AvgIpc) is 2.75. The van der Waals surface area contributed by atoms with E-state index in [0.29, 0.717) is 17.0 Å². The van der Waals surface area contributed by atoms with E-state index in [1.54, 1.807) is 42.5 Å². The van der Waals surface area contributed by atoms with Crippen LogP contribution in [0.4, 0.5) is 5.69 Å². The smallest absolute Gasteiger partial charge is 0.273 e. The molecule has 0 heterocycles. The maximum atomic E-state index is 13.3. The lowest BCUT2D eigenvalue weighted by atomic mass is 10.0. The van der Waals surface area contributed by atoms with Gasteiger partial charge in [0.05, 0.1) is 11.3 Å². The summed E-state index contributed by atoms with van der Waals surface area (Å²) in [5.74, 6) is -0.586. The number of hydrogen-bond acceptors (Lipinski definition) is 4. The number of hydrogen-bond donors (Lipinski definition) is 1. The maximum Gasteiger partial charge on any atom is 0.273 e. The first-order valence-electron chi connectivity index (χ1n) is 10.3. The molecule has 0 saturated heterocycles. The van der Waals surface area contributed by atoms with Gasteiger partial charge in [-0.15, -0.1) is 0 Å². The van der Waals surface area contributed by atoms with E-state index in [0.717, 1.165) is 12.0 Å². The van der Waals surface area contributed by atoms with E-state index < -0.39 is 11.0 Å². The summed E-state index contributed by atoms with van der Waals surface area (Å²) in [5.41, 5.74) is 1.02. The molecule has 0 aliphatic rings. The Hall–Kier alpha value is -2.93. The monoisotopic (exact) mass is 445 g/mol. The van der Waals surface area contributed by atoms with Gasteiger partial charge in [0, 0.05) is 29.2 Å². The molecule has 0 saturated carbocycles. The second-order valence-corrected chi connectivity index (χ2v) is 7.89. The second kappa shape index (κ2) is 11.5. The Morgan fingerprint density at radius 1 is 1.10 bits per heavy atom. The molecule has 0 radical (unpaired) electrons. The quantitative estimate of drug-likeness (QED) is 0.430. The summed E-state index contributed by atoms with van der Waals surface area (Å²) < 4.78 is 0. The van der Waals surface area contributed by atoms with E-state index in [9.17, 15) is 19.7 Å². The Kier molecular flexibility index (Phi) is 9.00. The Balaban J connectivity index is 2.35. The summed E-state index contributed by atoms with van der Waals surface area (Å²) in [6.45, 7) is 5.91. The largest absolute Gasteiger partial charge is 0.352 e. The third-order valence-corrected chi connectivity index (χ3v) is 5.44. The molecule has 166 valence electrons. The Bertz CT molecular complexity index is 917. The van der Waals surface area contributed by atoms with Crippen molar-refractivity contribution in [2.75, 3.05) is 0 Å². The molecule has 0 aromatic heterocycles. The average molecular weight is 446 g/mol. The van der Waals surface area contributed by atoms with Crippen molar-refractivity contribution in [2.24, 2.45) is 0 Å². The first-order chi connectivity index (χ1) is 14.8. The van der Waals surface area contributed by atoms with Crippen LogP contribution in [0.15, 0.2) is 48.5 Å². The number of nitrogens with one attached hydrogen (secondary N) is 1. The van der Waals surface area contributed by atoms with Crippen molar-refractivity contribution in [2.45, 2.75) is 58.7 Å². The number of benzene rings is 2. The highest BCUT2D eigenvalue weighted by Gasteiger charge is 2.30. The van der Waals surface area contributed by atoms with Crippen LogP contribution in [-0.4, -0.2) is 33.7 Å². The van der Waals surface area contributed by atoms with E-state index >= 15 is 0 Å². The van der Waals surface area contributed by atoms with Crippen molar-refractivity contribution in [3.63, 3.8) is 0 Å². The molecule has 2 aromatic carbocycles. The number of carbonyl (C=O) groups excluding carboxylic acids is 2. The molecule has 2 atom stereocenters. The molecule has 0 bridgehead atoms. The van der Waals surface area contributed by atoms with Crippen molar-refractivity contribution < 1.29 is 14.5 Å². The molecule has 2 rings (SSSR count). The van der Waals surface area contributed by atoms with E-state index in [2.05, 4.69) is 5.32 Å². The zero-order chi connectivity index (χ0) is 23.0. The second-order valence-electron chi connectivity index (χ2n) is 7.45. The third kappa shape index (κ3) is 6.79. The fourth-order valence-electron chi connectivity index (χ4n) is 3.25. The number of carbonyl (C=O) groups is 2. The molecule has 0 spiro atoms. The van der Waals surface area contributed by atoms with Crippen molar-refractivity contribution in [1.29, 1.82) is 0 Å². The summed E-state index contributed by atoms with van der Waals surface area (Å²) in [7, 11) is 0. The molecule has 7 nitrogen and oxygen atoms in total. The zero-order valence-corrected chi connectivity index (χ0v) is 18.8. The van der Waals surface area contributed by atoms with E-state index in [1.807, 2.05) is 20.8 Å². The van der Waals surface area contributed by atoms with Crippen LogP contribution in [0.5, 0.6) is 0 Å². The predicted octanol–water partition coefficient (Wildman–Crippen LogP) is 4.51. The van der Waals surface area contributed by atoms with Gasteiger partial charge in [-0.05, 0) is 37.5 Å². The number of halogens is 1. The van der Waals surface area contributed by atoms with E-state index in [4.69, 9.17) is 11.6 Å². The highest BCUT2D eigenvalue weighted by atomic mass is 35.5. The van der Waals surface area contributed by atoms with Crippen LogP contribution in [0.1, 0.15) is 44.7 Å². The number of nitro groups is 1. The number of rotatable bonds is 10. The Morgan fingerprint density at radius 3 is 2.32 bits per heavy atom. The molecule has 0 unspecified atom stereocenters. The van der Waals surface area contributed by atoms with Gasteiger partial charge in [0.25, 0.3) is 5.69 Å². The standard InChI is InChI=1S/C23H28ClN3O4/c1-4-16(3)25-23(29)20(5-2)26(15-17-10-12-19(24)13-11-17)22(28)14-18-8-6-7-9-21(18)27(30)31/h6-13,16,20H,4-5,14-15H2,1-3H3,(H,25,29)/t16-,20+/m1/s1. The van der Waals surface area contributed by atoms with Gasteiger partial charge in [-0.2, -0.15) is 0 Å². The van der Waals surface area contributed by atoms with Crippen LogP contribution >= 0.6 is 11.6 Å². The van der Waals surface area contributed by atoms with Crippen LogP contribution in [0.2, 0.25) is 5.02 Å². The van der Waals surface area contributed by atoms with Gasteiger partial charge in [-0.3, -0.25) is 19.7 Å². The number of nitro benzene ring substituents is 1. The zero-order valence-electron chi connectivity index (χ0n) is 18.0. The Labute approximate surface area is 187 Å². The van der Waals surface area contributed by atoms with Crippen LogP contribution in [0, 0.1) is 10.1 Å². The van der Waals surface area contributed by atoms with Gasteiger partial charge in [0.1, 0.15) is 6.04 Å². The van der Waals surface area contributed by atoms with Crippen LogP contribution in [0.3, 0.4) is 0 Å². The van der Waals surface area contributed by atoms with Gasteiger partial charge in [-0.1, -0.05) is 55.8 Å². The molecule has 8 heteroatoms. The van der Waals surface area contributed by atoms with Crippen molar-refractivity contribution in [1.82, 2.24) is 10.2 Å². The fourth-order valence-corrected chi connectivity index (χ4v) is 3.38. The molecule has 0 aliphatic carbocycles. The molecule has 2 amide bonds. The summed E-state index contributed by atoms with van der Waals surface area (Å²) >= 11 is 5.97. The van der Waals surface area contributed by atoms with E-state index in [-0.39, 0.29) is 36.5 Å². The summed E-state index contributed by atoms with van der Waals surface area (Å²) in [4.78, 5) is 38.6. The van der Waals surface area contributed by atoms with Gasteiger partial charge < -0.3 is 10.2 Å². The highest BCUT2D eigenvalue weighted by molar-refractivity contribution is 6.30. The maximum absolute atomic E-state index is 13.3. The topological polar surface area (TPSA) is 92.6 Å². The summed E-state index contributed by atoms with van der Waals surface area (Å²) in [5, 5.41) is 14.9. The highest BCUT2D eigenvalue weighted by Crippen LogP contribution is 2.21. The lowest BCUT2D eigenvalue weighted by Crippen LogP contribution is -2.51. The minimum absolute atomic E-state index is 0.0238. The molecule has 2 aromatic rings. The molecule has 31 heavy (non-hydrogen) atoms. The van der Waals surface area contributed by atoms with Crippen molar-refractivity contribution in [3.05, 3.63) is 74.8 Å². The fraction of sp³-hybridized carbons (Fsp3) is 0.391. The molecular formula is C23H28ClN3O4. The molecule has 0 aliphatic heterocycles. The summed E-state index contributed by atoms with van der Waals surface area (Å²) in [6, 6.07) is 12.5. The first-order valence-corrected chi connectivity index (χ1v) is 10.7. The van der Waals surface area contributed by atoms with E-state index in [1.165, 1.54) is 11.0 Å². The lowest BCUT2D eigenvalue weighted by molar-refractivity contribution is -0.385. The SMILES string of the molecule is CC[C@@H](C)NC(=O)[C@H](CC)N(Cc1ccc(Cl)cc1)C(=O)Cc1ccccc1[N+](=O)[O-]. The van der Waals surface area contributed by atoms with Gasteiger partial charge in [-0.25, -0.2) is 0 Å². The van der Waals surface area contributed by atoms with Crippen LogP contribution in [0.25, 0.3) is 0 Å². The van der Waals surface area contributed by atoms with Crippen LogP contribution < -0.4 is 5.32 Å². The normalized spacial score (nSPS) is 12.6. The number of para-hydroxylation sites is 1. The summed E-state index contributed by atoms with van der Waals surface area (Å²) in [6.07, 6.45) is 1.01. The number of amides is 2. The molecule has 0 fully saturated rings. The van der Waals surface area contributed by atoms with Gasteiger partial charge in [0.2, 0.25) is 11.8 Å². The van der Waals surface area contributed by atoms with Gasteiger partial charge in [0.15, 0.2) is 0 Å². The van der Waals surface area contributed by atoms with Crippen LogP contribution in [-0.2, 0) is 22.6 Å². The number of nitrogens with zero attached hydrogens (tertiary/aromatic N) is 2. The van der Waals surface area contributed by atoms with Gasteiger partial charge >= 0.3 is 0 Å². The lowest BCUT2D eigenvalue weighted by Gasteiger charge is -2.31. The third-order valence-electron chi connectivity index (χ3n) is 5.18. The van der Waals surface area contributed by atoms with Crippen molar-refractivity contribution >= 4 is 29.1 Å². The molecule has 1 N–H and O–H groups in total. The Morgan fingerprint density at radius 2 is 1.74 bits per heavy atom.